The summed E-state index contributed by atoms with van der Waals surface area (Å²) in [5.41, 5.74) is 0. The molecule has 0 fully saturated rings. The van der Waals surface area contributed by atoms with Crippen molar-refractivity contribution >= 4 is 17.9 Å². The molecule has 6 heteroatoms. The van der Waals surface area contributed by atoms with E-state index in [9.17, 15) is 14.4 Å². The molecule has 0 aromatic rings. The molecule has 0 N–H and O–H groups in total. The predicted octanol–water partition coefficient (Wildman–Crippen LogP) is 20.5. The fraction of sp³-hybridized carbons (Fsp3) is 0.712. The smallest absolute Gasteiger partial charge is 0.309 e. The van der Waals surface area contributed by atoms with Crippen LogP contribution in [-0.2, 0) is 28.6 Å². The van der Waals surface area contributed by atoms with Gasteiger partial charge in [0.1, 0.15) is 13.2 Å². The third kappa shape index (κ3) is 57.2. The second-order valence-electron chi connectivity index (χ2n) is 19.9. The van der Waals surface area contributed by atoms with Gasteiger partial charge in [0.15, 0.2) is 6.10 Å². The Kier molecular flexibility index (Phi) is 56.8. The summed E-state index contributed by atoms with van der Waals surface area (Å²) >= 11 is 0. The maximum atomic E-state index is 12.9. The van der Waals surface area contributed by atoms with E-state index in [4.69, 9.17) is 14.2 Å². The summed E-state index contributed by atoms with van der Waals surface area (Å²) in [7, 11) is 0. The topological polar surface area (TPSA) is 78.9 Å². The van der Waals surface area contributed by atoms with Crippen LogP contribution in [0.15, 0.2) is 97.2 Å². The quantitative estimate of drug-likeness (QED) is 0.0261. The lowest BCUT2D eigenvalue weighted by Crippen LogP contribution is -2.30. The van der Waals surface area contributed by atoms with Crippen molar-refractivity contribution in [3.8, 4) is 0 Å². The van der Waals surface area contributed by atoms with Crippen molar-refractivity contribution in [3.63, 3.8) is 0 Å². The van der Waals surface area contributed by atoms with Gasteiger partial charge in [-0.3, -0.25) is 14.4 Å². The molecule has 0 spiro atoms. The van der Waals surface area contributed by atoms with Crippen LogP contribution >= 0.6 is 0 Å². The minimum atomic E-state index is -0.825. The van der Waals surface area contributed by atoms with Gasteiger partial charge in [-0.25, -0.2) is 0 Å². The van der Waals surface area contributed by atoms with E-state index in [1.165, 1.54) is 148 Å². The molecule has 0 rings (SSSR count). The second kappa shape index (κ2) is 59.9. The summed E-state index contributed by atoms with van der Waals surface area (Å²) in [5.74, 6) is -1.05. The fourth-order valence-electron chi connectivity index (χ4n) is 8.35. The Labute approximate surface area is 445 Å². The zero-order valence-corrected chi connectivity index (χ0v) is 47.2. The molecule has 6 nitrogen and oxygen atoms in total. The lowest BCUT2D eigenvalue weighted by atomic mass is 10.0. The number of rotatable bonds is 54. The van der Waals surface area contributed by atoms with Gasteiger partial charge in [-0.05, 0) is 83.5 Å². The first kappa shape index (κ1) is 68.3. The number of hydrogen-bond donors (Lipinski definition) is 0. The number of esters is 3. The maximum Gasteiger partial charge on any atom is 0.309 e. The van der Waals surface area contributed by atoms with Crippen molar-refractivity contribution in [1.82, 2.24) is 0 Å². The Bertz CT molecular complexity index is 1430. The van der Waals surface area contributed by atoms with Crippen LogP contribution < -0.4 is 0 Å². The van der Waals surface area contributed by atoms with Crippen LogP contribution in [0.5, 0.6) is 0 Å². The van der Waals surface area contributed by atoms with Crippen molar-refractivity contribution in [2.45, 2.75) is 290 Å². The van der Waals surface area contributed by atoms with Crippen LogP contribution in [0, 0.1) is 0 Å². The zero-order chi connectivity index (χ0) is 52.2. The Hall–Kier alpha value is -3.67. The van der Waals surface area contributed by atoms with E-state index < -0.39 is 12.1 Å². The first-order valence-corrected chi connectivity index (χ1v) is 30.2. The zero-order valence-electron chi connectivity index (χ0n) is 47.2. The van der Waals surface area contributed by atoms with Gasteiger partial charge in [0, 0.05) is 12.8 Å². The summed E-state index contributed by atoms with van der Waals surface area (Å²) < 4.78 is 16.8. The third-order valence-electron chi connectivity index (χ3n) is 12.9. The molecule has 72 heavy (non-hydrogen) atoms. The number of allylic oxidation sites excluding steroid dienone is 15. The Balaban J connectivity index is 4.46. The number of hydrogen-bond acceptors (Lipinski definition) is 6. The molecule has 0 aliphatic rings. The van der Waals surface area contributed by atoms with Gasteiger partial charge in [0.2, 0.25) is 0 Å². The molecule has 0 aliphatic carbocycles. The number of unbranched alkanes of at least 4 members (excludes halogenated alkanes) is 28. The average Bonchev–Trinajstić information content (AvgIpc) is 3.38. The highest BCUT2D eigenvalue weighted by atomic mass is 16.6. The number of carbonyl (C=O) groups is 3. The fourth-order valence-corrected chi connectivity index (χ4v) is 8.35. The lowest BCUT2D eigenvalue weighted by Gasteiger charge is -2.18. The summed E-state index contributed by atoms with van der Waals surface area (Å²) in [5, 5.41) is 0. The van der Waals surface area contributed by atoms with E-state index in [1.54, 1.807) is 6.08 Å². The van der Waals surface area contributed by atoms with Gasteiger partial charge < -0.3 is 14.2 Å². The lowest BCUT2D eigenvalue weighted by molar-refractivity contribution is -0.166. The Morgan fingerprint density at radius 1 is 0.306 bits per heavy atom. The standard InChI is InChI=1S/C66H112O6/c1-4-7-10-13-16-19-22-25-28-30-32-34-35-38-41-44-47-50-53-56-59-65(68)71-62-63(61-70-64(67)58-55-52-49-46-43-40-37-27-24-21-18-15-12-9-6-3)72-66(69)60-57-54-51-48-45-42-39-36-33-31-29-26-23-20-17-14-11-8-5-2/h9,12,17-18,20-21,26-27,29,33,36-37,43,46,52,55,63H,4-8,10-11,13-16,19,22-25,28,30-32,34-35,38-42,44-45,47-51,53-54,56-62H2,1-3H3/b12-9-,20-17-,21-18-,29-26-,36-33-,37-27-,46-43-,55-52-. The van der Waals surface area contributed by atoms with E-state index >= 15 is 0 Å². The monoisotopic (exact) mass is 1000 g/mol. The van der Waals surface area contributed by atoms with Crippen molar-refractivity contribution in [3.05, 3.63) is 97.2 Å². The van der Waals surface area contributed by atoms with Gasteiger partial charge in [-0.1, -0.05) is 279 Å². The minimum Gasteiger partial charge on any atom is -0.462 e. The minimum absolute atomic E-state index is 0.111. The van der Waals surface area contributed by atoms with Crippen LogP contribution in [-0.4, -0.2) is 37.2 Å². The highest BCUT2D eigenvalue weighted by molar-refractivity contribution is 5.72. The summed E-state index contributed by atoms with van der Waals surface area (Å²) in [4.78, 5) is 38.2. The largest absolute Gasteiger partial charge is 0.462 e. The van der Waals surface area contributed by atoms with Crippen molar-refractivity contribution in [2.75, 3.05) is 13.2 Å². The van der Waals surface area contributed by atoms with Crippen molar-refractivity contribution in [1.29, 1.82) is 0 Å². The van der Waals surface area contributed by atoms with E-state index in [-0.39, 0.29) is 31.6 Å². The van der Waals surface area contributed by atoms with Crippen LogP contribution in [0.1, 0.15) is 284 Å². The molecule has 0 saturated carbocycles. The van der Waals surface area contributed by atoms with Gasteiger partial charge in [-0.2, -0.15) is 0 Å². The average molecular weight is 1000 g/mol. The molecular formula is C66H112O6. The van der Waals surface area contributed by atoms with Crippen LogP contribution in [0.3, 0.4) is 0 Å². The molecule has 0 saturated heterocycles. The third-order valence-corrected chi connectivity index (χ3v) is 12.9. The van der Waals surface area contributed by atoms with E-state index in [2.05, 4.69) is 106 Å². The molecule has 0 aromatic carbocycles. The van der Waals surface area contributed by atoms with Crippen LogP contribution in [0.25, 0.3) is 0 Å². The molecular weight excluding hydrogens is 889 g/mol. The van der Waals surface area contributed by atoms with E-state index in [0.717, 1.165) is 96.3 Å². The van der Waals surface area contributed by atoms with Gasteiger partial charge >= 0.3 is 17.9 Å². The molecule has 0 aliphatic heterocycles. The van der Waals surface area contributed by atoms with Crippen LogP contribution in [0.2, 0.25) is 0 Å². The van der Waals surface area contributed by atoms with E-state index in [1.807, 2.05) is 6.08 Å². The summed E-state index contributed by atoms with van der Waals surface area (Å²) in [6.07, 6.45) is 80.0. The molecule has 0 heterocycles. The Morgan fingerprint density at radius 3 is 1.00 bits per heavy atom. The number of carbonyl (C=O) groups excluding carboxylic acids is 3. The van der Waals surface area contributed by atoms with Gasteiger partial charge in [0.05, 0.1) is 6.42 Å². The first-order chi connectivity index (χ1) is 35.5. The molecule has 0 aromatic heterocycles. The molecule has 1 atom stereocenters. The van der Waals surface area contributed by atoms with Gasteiger partial charge in [0.25, 0.3) is 0 Å². The second-order valence-corrected chi connectivity index (χ2v) is 19.9. The molecule has 0 bridgehead atoms. The van der Waals surface area contributed by atoms with Gasteiger partial charge in [-0.15, -0.1) is 0 Å². The molecule has 1 unspecified atom stereocenters. The van der Waals surface area contributed by atoms with Crippen LogP contribution in [0.4, 0.5) is 0 Å². The van der Waals surface area contributed by atoms with Crippen molar-refractivity contribution in [2.24, 2.45) is 0 Å². The molecule has 412 valence electrons. The highest BCUT2D eigenvalue weighted by Crippen LogP contribution is 2.16. The number of ether oxygens (including phenoxy) is 3. The SMILES string of the molecule is CC/C=C\C/C=C\C/C=C\C/C=C\C/C=C\CC(=O)OCC(COC(=O)CCCCCCCCCCCCCCCCCCCCCC)OC(=O)CCCCCCCC/C=C\C/C=C\C/C=C\CCCCC. The predicted molar refractivity (Wildman–Crippen MR) is 311 cm³/mol. The highest BCUT2D eigenvalue weighted by Gasteiger charge is 2.19. The normalized spacial score (nSPS) is 12.8. The summed E-state index contributed by atoms with van der Waals surface area (Å²) in [6.45, 7) is 6.42. The molecule has 0 amide bonds. The van der Waals surface area contributed by atoms with E-state index in [0.29, 0.717) is 12.8 Å². The summed E-state index contributed by atoms with van der Waals surface area (Å²) in [6, 6.07) is 0. The first-order valence-electron chi connectivity index (χ1n) is 30.2. The molecule has 0 radical (unpaired) electrons. The Morgan fingerprint density at radius 2 is 0.597 bits per heavy atom. The maximum absolute atomic E-state index is 12.9. The van der Waals surface area contributed by atoms with Crippen molar-refractivity contribution < 1.29 is 28.6 Å².